The van der Waals surface area contributed by atoms with E-state index in [1.165, 1.54) is 0 Å². The predicted molar refractivity (Wildman–Crippen MR) is 92.6 cm³/mol. The zero-order chi connectivity index (χ0) is 16.8. The van der Waals surface area contributed by atoms with Gasteiger partial charge in [0.25, 0.3) is 0 Å². The van der Waals surface area contributed by atoms with E-state index in [0.717, 1.165) is 30.6 Å². The number of nitrogens with one attached hydrogen (secondary N) is 2. The van der Waals surface area contributed by atoms with Gasteiger partial charge in [0.05, 0.1) is 18.2 Å². The van der Waals surface area contributed by atoms with Gasteiger partial charge < -0.3 is 15.4 Å². The van der Waals surface area contributed by atoms with Gasteiger partial charge in [-0.15, -0.1) is 0 Å². The average Bonchev–Trinajstić information content (AvgIpc) is 3.16. The van der Waals surface area contributed by atoms with Crippen molar-refractivity contribution in [3.8, 4) is 0 Å². The molecule has 2 N–H and O–H groups in total. The summed E-state index contributed by atoms with van der Waals surface area (Å²) in [6.07, 6.45) is 5.63. The molecular formula is C19H23N3O2. The fourth-order valence-corrected chi connectivity index (χ4v) is 3.03. The molecule has 2 heterocycles. The van der Waals surface area contributed by atoms with E-state index in [1.54, 1.807) is 12.4 Å². The van der Waals surface area contributed by atoms with Crippen LogP contribution >= 0.6 is 0 Å². The molecule has 1 aromatic heterocycles. The summed E-state index contributed by atoms with van der Waals surface area (Å²) in [5.41, 5.74) is 2.03. The molecule has 5 heteroatoms. The summed E-state index contributed by atoms with van der Waals surface area (Å²) in [4.78, 5) is 16.5. The van der Waals surface area contributed by atoms with Crippen molar-refractivity contribution >= 4 is 6.03 Å². The third kappa shape index (κ3) is 4.11. The van der Waals surface area contributed by atoms with Crippen molar-refractivity contribution in [3.05, 3.63) is 66.0 Å². The van der Waals surface area contributed by atoms with E-state index in [9.17, 15) is 4.79 Å². The minimum absolute atomic E-state index is 0.0126. The van der Waals surface area contributed by atoms with E-state index in [4.69, 9.17) is 4.74 Å². The number of benzene rings is 1. The van der Waals surface area contributed by atoms with Crippen LogP contribution in [0.4, 0.5) is 4.79 Å². The number of nitrogens with zero attached hydrogens (tertiary/aromatic N) is 1. The number of hydrogen-bond donors (Lipinski definition) is 2. The summed E-state index contributed by atoms with van der Waals surface area (Å²) in [7, 11) is 0. The minimum Gasteiger partial charge on any atom is -0.376 e. The summed E-state index contributed by atoms with van der Waals surface area (Å²) < 4.78 is 5.64. The minimum atomic E-state index is -0.217. The molecule has 0 saturated carbocycles. The molecule has 0 spiro atoms. The van der Waals surface area contributed by atoms with Gasteiger partial charge in [0.15, 0.2) is 0 Å². The largest absolute Gasteiger partial charge is 0.376 e. The highest BCUT2D eigenvalue weighted by Crippen LogP contribution is 2.21. The Labute approximate surface area is 142 Å². The number of ether oxygens (including phenoxy) is 1. The molecule has 1 aliphatic rings. The summed E-state index contributed by atoms with van der Waals surface area (Å²) in [5.74, 6) is 0. The molecule has 1 aromatic carbocycles. The number of urea groups is 1. The summed E-state index contributed by atoms with van der Waals surface area (Å²) in [5, 5.41) is 6.07. The highest BCUT2D eigenvalue weighted by molar-refractivity contribution is 5.75. The van der Waals surface area contributed by atoms with Gasteiger partial charge in [-0.05, 0) is 43.0 Å². The van der Waals surface area contributed by atoms with E-state index >= 15 is 0 Å². The lowest BCUT2D eigenvalue weighted by Crippen LogP contribution is -2.47. The number of hydrogen-bond acceptors (Lipinski definition) is 3. The van der Waals surface area contributed by atoms with E-state index in [-0.39, 0.29) is 24.2 Å². The van der Waals surface area contributed by atoms with Crippen LogP contribution in [-0.4, -0.2) is 29.8 Å². The molecule has 1 saturated heterocycles. The van der Waals surface area contributed by atoms with Crippen LogP contribution in [0.1, 0.15) is 36.9 Å². The summed E-state index contributed by atoms with van der Waals surface area (Å²) in [6, 6.07) is 13.3. The lowest BCUT2D eigenvalue weighted by molar-refractivity contribution is 0.0859. The first-order chi connectivity index (χ1) is 11.7. The topological polar surface area (TPSA) is 63.2 Å². The van der Waals surface area contributed by atoms with Crippen molar-refractivity contribution in [1.82, 2.24) is 15.6 Å². The molecular weight excluding hydrogens is 302 g/mol. The summed E-state index contributed by atoms with van der Waals surface area (Å²) in [6.45, 7) is 2.77. The van der Waals surface area contributed by atoms with Crippen molar-refractivity contribution in [2.75, 3.05) is 6.61 Å². The second kappa shape index (κ2) is 7.93. The molecule has 0 aliphatic carbocycles. The van der Waals surface area contributed by atoms with Crippen LogP contribution in [0.5, 0.6) is 0 Å². The average molecular weight is 325 g/mol. The third-order valence-electron chi connectivity index (χ3n) is 4.33. The van der Waals surface area contributed by atoms with E-state index in [2.05, 4.69) is 15.6 Å². The van der Waals surface area contributed by atoms with Gasteiger partial charge in [-0.3, -0.25) is 4.98 Å². The molecule has 5 nitrogen and oxygen atoms in total. The van der Waals surface area contributed by atoms with Crippen LogP contribution in [0.15, 0.2) is 54.9 Å². The molecule has 0 radical (unpaired) electrons. The monoisotopic (exact) mass is 325 g/mol. The quantitative estimate of drug-likeness (QED) is 0.888. The summed E-state index contributed by atoms with van der Waals surface area (Å²) >= 11 is 0. The van der Waals surface area contributed by atoms with Gasteiger partial charge in [-0.2, -0.15) is 0 Å². The molecule has 1 aliphatic heterocycles. The number of carbonyl (C=O) groups is 1. The molecule has 2 amide bonds. The van der Waals surface area contributed by atoms with Crippen molar-refractivity contribution in [1.29, 1.82) is 0 Å². The Morgan fingerprint density at radius 3 is 2.50 bits per heavy atom. The highest BCUT2D eigenvalue weighted by Gasteiger charge is 2.25. The highest BCUT2D eigenvalue weighted by atomic mass is 16.5. The van der Waals surface area contributed by atoms with Gasteiger partial charge in [0, 0.05) is 19.0 Å². The van der Waals surface area contributed by atoms with E-state index in [0.29, 0.717) is 0 Å². The predicted octanol–water partition coefficient (Wildman–Crippen LogP) is 3.04. The lowest BCUT2D eigenvalue weighted by Gasteiger charge is -2.24. The van der Waals surface area contributed by atoms with Crippen LogP contribution in [0.25, 0.3) is 0 Å². The number of amides is 2. The van der Waals surface area contributed by atoms with Crippen LogP contribution in [0.3, 0.4) is 0 Å². The maximum absolute atomic E-state index is 12.5. The molecule has 3 rings (SSSR count). The van der Waals surface area contributed by atoms with Crippen LogP contribution < -0.4 is 10.6 Å². The molecule has 1 fully saturated rings. The van der Waals surface area contributed by atoms with Crippen molar-refractivity contribution in [3.63, 3.8) is 0 Å². The first kappa shape index (κ1) is 16.5. The fraction of sp³-hybridized carbons (Fsp3) is 0.368. The van der Waals surface area contributed by atoms with Gasteiger partial charge in [-0.1, -0.05) is 30.3 Å². The van der Waals surface area contributed by atoms with Gasteiger partial charge in [0.2, 0.25) is 0 Å². The Hall–Kier alpha value is -2.40. The normalized spacial score (nSPS) is 19.5. The Kier molecular flexibility index (Phi) is 5.43. The van der Waals surface area contributed by atoms with Crippen molar-refractivity contribution in [2.45, 2.75) is 38.0 Å². The standard InChI is InChI=1S/C19H23N3O2/c1-14(17-8-5-13-24-17)21-19(23)22-18(15-6-3-2-4-7-15)16-9-11-20-12-10-16/h2-4,6-7,9-12,14,17-18H,5,8,13H2,1H3,(H2,21,22,23). The molecule has 126 valence electrons. The van der Waals surface area contributed by atoms with E-state index < -0.39 is 0 Å². The maximum Gasteiger partial charge on any atom is 0.315 e. The number of aromatic nitrogens is 1. The van der Waals surface area contributed by atoms with Crippen LogP contribution in [0, 0.1) is 0 Å². The smallest absolute Gasteiger partial charge is 0.315 e. The zero-order valence-electron chi connectivity index (χ0n) is 13.8. The molecule has 3 unspecified atom stereocenters. The second-order valence-corrected chi connectivity index (χ2v) is 6.08. The third-order valence-corrected chi connectivity index (χ3v) is 4.33. The Morgan fingerprint density at radius 2 is 1.83 bits per heavy atom. The Morgan fingerprint density at radius 1 is 1.12 bits per heavy atom. The molecule has 3 atom stereocenters. The number of carbonyl (C=O) groups excluding carboxylic acids is 1. The zero-order valence-corrected chi connectivity index (χ0v) is 13.8. The second-order valence-electron chi connectivity index (χ2n) is 6.08. The fourth-order valence-electron chi connectivity index (χ4n) is 3.03. The van der Waals surface area contributed by atoms with Gasteiger partial charge in [-0.25, -0.2) is 4.79 Å². The molecule has 2 aromatic rings. The molecule has 24 heavy (non-hydrogen) atoms. The number of pyridine rings is 1. The maximum atomic E-state index is 12.5. The van der Waals surface area contributed by atoms with Crippen LogP contribution in [0.2, 0.25) is 0 Å². The van der Waals surface area contributed by atoms with Gasteiger partial charge >= 0.3 is 6.03 Å². The first-order valence-corrected chi connectivity index (χ1v) is 8.37. The Balaban J connectivity index is 1.71. The van der Waals surface area contributed by atoms with E-state index in [1.807, 2.05) is 49.4 Å². The number of rotatable bonds is 5. The lowest BCUT2D eigenvalue weighted by atomic mass is 10.00. The van der Waals surface area contributed by atoms with Crippen LogP contribution in [-0.2, 0) is 4.74 Å². The first-order valence-electron chi connectivity index (χ1n) is 8.37. The van der Waals surface area contributed by atoms with Crippen molar-refractivity contribution < 1.29 is 9.53 Å². The SMILES string of the molecule is CC(NC(=O)NC(c1ccccc1)c1ccncc1)C1CCCO1. The van der Waals surface area contributed by atoms with Gasteiger partial charge in [0.1, 0.15) is 0 Å². The molecule has 0 bridgehead atoms. The van der Waals surface area contributed by atoms with Crippen molar-refractivity contribution in [2.24, 2.45) is 0 Å². The Bertz CT molecular complexity index is 603.